The number of fused-ring (bicyclic) bond motifs is 1. The number of nitrogen functional groups attached to an aromatic ring is 1. The molecule has 1 aromatic carbocycles. The van der Waals surface area contributed by atoms with E-state index in [4.69, 9.17) is 5.73 Å². The molecule has 1 aromatic heterocycles. The fourth-order valence-corrected chi connectivity index (χ4v) is 2.72. The van der Waals surface area contributed by atoms with Gasteiger partial charge >= 0.3 is 0 Å². The molecule has 2 aromatic rings. The highest BCUT2D eigenvalue weighted by Crippen LogP contribution is 2.20. The number of aromatic nitrogens is 2. The summed E-state index contributed by atoms with van der Waals surface area (Å²) in [6.07, 6.45) is 0. The number of halogens is 1. The molecule has 1 aliphatic heterocycles. The van der Waals surface area contributed by atoms with Gasteiger partial charge in [-0.15, -0.1) is 0 Å². The normalized spacial score (nSPS) is 15.1. The van der Waals surface area contributed by atoms with Crippen molar-refractivity contribution in [2.75, 3.05) is 5.73 Å². The average Bonchev–Trinajstić information content (AvgIpc) is 2.97. The predicted molar refractivity (Wildman–Crippen MR) is 86.2 cm³/mol. The molecule has 0 radical (unpaired) electrons. The molecule has 24 heavy (non-hydrogen) atoms. The van der Waals surface area contributed by atoms with Crippen LogP contribution in [0.5, 0.6) is 0 Å². The number of rotatable bonds is 4. The highest BCUT2D eigenvalue weighted by molar-refractivity contribution is 5.81. The molecular weight excluding hydrogens is 313 g/mol. The predicted octanol–water partition coefficient (Wildman–Crippen LogP) is 0.512. The summed E-state index contributed by atoms with van der Waals surface area (Å²) in [5, 5.41) is 2.72. The van der Waals surface area contributed by atoms with Crippen LogP contribution in [0, 0.1) is 5.82 Å². The summed E-state index contributed by atoms with van der Waals surface area (Å²) in [7, 11) is 0. The number of anilines is 1. The first-order valence-electron chi connectivity index (χ1n) is 7.58. The maximum absolute atomic E-state index is 13.6. The molecule has 1 atom stereocenters. The molecule has 7 nitrogen and oxygen atoms in total. The number of carbonyl (C=O) groups is 1. The Bertz CT molecular complexity index is 835. The molecular formula is C16H18FN5O2. The van der Waals surface area contributed by atoms with Crippen LogP contribution in [0.1, 0.15) is 23.7 Å². The minimum atomic E-state index is -0.480. The molecule has 0 bridgehead atoms. The van der Waals surface area contributed by atoms with Crippen molar-refractivity contribution in [1.82, 2.24) is 20.2 Å². The van der Waals surface area contributed by atoms with Gasteiger partial charge in [-0.05, 0) is 13.0 Å². The first kappa shape index (κ1) is 16.1. The van der Waals surface area contributed by atoms with E-state index in [2.05, 4.69) is 15.3 Å². The molecule has 1 unspecified atom stereocenters. The van der Waals surface area contributed by atoms with Gasteiger partial charge in [0.05, 0.1) is 17.3 Å². The van der Waals surface area contributed by atoms with E-state index in [1.165, 1.54) is 6.07 Å². The summed E-state index contributed by atoms with van der Waals surface area (Å²) in [6, 6.07) is 5.81. The molecule has 1 amide bonds. The number of aromatic amines is 1. The summed E-state index contributed by atoms with van der Waals surface area (Å²) >= 11 is 0. The molecule has 0 aliphatic carbocycles. The second kappa shape index (κ2) is 6.40. The van der Waals surface area contributed by atoms with Crippen LogP contribution >= 0.6 is 0 Å². The van der Waals surface area contributed by atoms with E-state index in [0.29, 0.717) is 29.9 Å². The number of H-pyrrole nitrogens is 1. The maximum Gasteiger partial charge on any atom is 0.257 e. The van der Waals surface area contributed by atoms with Crippen LogP contribution in [0.4, 0.5) is 10.3 Å². The van der Waals surface area contributed by atoms with Crippen molar-refractivity contribution >= 4 is 11.9 Å². The lowest BCUT2D eigenvalue weighted by atomic mass is 10.2. The average molecular weight is 331 g/mol. The van der Waals surface area contributed by atoms with Crippen LogP contribution in [-0.4, -0.2) is 26.8 Å². The van der Waals surface area contributed by atoms with Gasteiger partial charge in [0.15, 0.2) is 0 Å². The van der Waals surface area contributed by atoms with Gasteiger partial charge in [-0.1, -0.05) is 18.2 Å². The zero-order valence-corrected chi connectivity index (χ0v) is 13.2. The quantitative estimate of drug-likeness (QED) is 0.757. The summed E-state index contributed by atoms with van der Waals surface area (Å²) < 4.78 is 13.6. The van der Waals surface area contributed by atoms with Crippen LogP contribution in [0.15, 0.2) is 29.1 Å². The lowest BCUT2D eigenvalue weighted by Gasteiger charge is -2.22. The Balaban J connectivity index is 1.64. The van der Waals surface area contributed by atoms with Crippen molar-refractivity contribution in [2.45, 2.75) is 32.6 Å². The Morgan fingerprint density at radius 3 is 2.96 bits per heavy atom. The zero-order valence-electron chi connectivity index (χ0n) is 13.2. The molecule has 3 rings (SSSR count). The van der Waals surface area contributed by atoms with Crippen molar-refractivity contribution in [2.24, 2.45) is 0 Å². The molecule has 0 spiro atoms. The molecule has 0 saturated carbocycles. The van der Waals surface area contributed by atoms with E-state index >= 15 is 0 Å². The van der Waals surface area contributed by atoms with E-state index in [1.54, 1.807) is 25.1 Å². The molecule has 0 fully saturated rings. The number of hydrogen-bond acceptors (Lipinski definition) is 5. The Kier molecular flexibility index (Phi) is 4.30. The number of nitrogens with zero attached hydrogens (tertiary/aromatic N) is 2. The third kappa shape index (κ3) is 3.13. The van der Waals surface area contributed by atoms with E-state index in [9.17, 15) is 14.0 Å². The second-order valence-corrected chi connectivity index (χ2v) is 5.77. The zero-order chi connectivity index (χ0) is 17.3. The van der Waals surface area contributed by atoms with Crippen LogP contribution in [0.2, 0.25) is 0 Å². The van der Waals surface area contributed by atoms with Gasteiger partial charge in [-0.3, -0.25) is 19.5 Å². The van der Waals surface area contributed by atoms with Crippen molar-refractivity contribution in [3.05, 3.63) is 57.3 Å². The first-order chi connectivity index (χ1) is 11.5. The number of carbonyl (C=O) groups excluding carboxylic acids is 1. The third-order valence-electron chi connectivity index (χ3n) is 4.17. The van der Waals surface area contributed by atoms with Gasteiger partial charge < -0.3 is 11.1 Å². The Morgan fingerprint density at radius 1 is 1.46 bits per heavy atom. The number of nitrogens with one attached hydrogen (secondary N) is 2. The molecule has 4 N–H and O–H groups in total. The summed E-state index contributed by atoms with van der Waals surface area (Å²) in [5.74, 6) is -0.530. The van der Waals surface area contributed by atoms with E-state index in [1.807, 2.05) is 4.90 Å². The standard InChI is InChI=1S/C16H18FN5O2/c1-9(14(23)19-6-10-4-2-3-5-12(10)17)22-7-11-13(8-22)20-16(18)21-15(11)24/h2-5,9H,6-8H2,1H3,(H,19,23)(H3,18,20,21,24). The summed E-state index contributed by atoms with van der Waals surface area (Å²) in [4.78, 5) is 32.6. The minimum Gasteiger partial charge on any atom is -0.369 e. The van der Waals surface area contributed by atoms with E-state index < -0.39 is 6.04 Å². The fourth-order valence-electron chi connectivity index (χ4n) is 2.72. The van der Waals surface area contributed by atoms with E-state index in [0.717, 1.165) is 0 Å². The van der Waals surface area contributed by atoms with Crippen LogP contribution in [-0.2, 0) is 24.4 Å². The van der Waals surface area contributed by atoms with Gasteiger partial charge in [0.1, 0.15) is 5.82 Å². The lowest BCUT2D eigenvalue weighted by molar-refractivity contribution is -0.126. The second-order valence-electron chi connectivity index (χ2n) is 5.77. The minimum absolute atomic E-state index is 0.0669. The summed E-state index contributed by atoms with van der Waals surface area (Å²) in [6.45, 7) is 2.55. The number of benzene rings is 1. The number of amides is 1. The Morgan fingerprint density at radius 2 is 2.21 bits per heavy atom. The highest BCUT2D eigenvalue weighted by Gasteiger charge is 2.30. The van der Waals surface area contributed by atoms with E-state index in [-0.39, 0.29) is 29.8 Å². The Hall–Kier alpha value is -2.74. The number of nitrogens with two attached hydrogens (primary N) is 1. The maximum atomic E-state index is 13.6. The van der Waals surface area contributed by atoms with Gasteiger partial charge in [0, 0.05) is 25.2 Å². The van der Waals surface area contributed by atoms with Gasteiger partial charge in [0.25, 0.3) is 5.56 Å². The monoisotopic (exact) mass is 331 g/mol. The smallest absolute Gasteiger partial charge is 0.257 e. The van der Waals surface area contributed by atoms with Crippen molar-refractivity contribution in [3.8, 4) is 0 Å². The van der Waals surface area contributed by atoms with Crippen LogP contribution < -0.4 is 16.6 Å². The van der Waals surface area contributed by atoms with Crippen molar-refractivity contribution in [1.29, 1.82) is 0 Å². The summed E-state index contributed by atoms with van der Waals surface area (Å²) in [5.41, 5.74) is 6.80. The SMILES string of the molecule is CC(C(=O)NCc1ccccc1F)N1Cc2nc(N)[nH]c(=O)c2C1. The molecule has 2 heterocycles. The largest absolute Gasteiger partial charge is 0.369 e. The van der Waals surface area contributed by atoms with Gasteiger partial charge in [-0.2, -0.15) is 0 Å². The first-order valence-corrected chi connectivity index (χ1v) is 7.58. The lowest BCUT2D eigenvalue weighted by Crippen LogP contribution is -2.42. The third-order valence-corrected chi connectivity index (χ3v) is 4.17. The molecule has 126 valence electrons. The fraction of sp³-hybridized carbons (Fsp3) is 0.312. The van der Waals surface area contributed by atoms with Crippen LogP contribution in [0.3, 0.4) is 0 Å². The molecule has 8 heteroatoms. The van der Waals surface area contributed by atoms with Gasteiger partial charge in [-0.25, -0.2) is 9.37 Å². The highest BCUT2D eigenvalue weighted by atomic mass is 19.1. The number of hydrogen-bond donors (Lipinski definition) is 3. The topological polar surface area (TPSA) is 104 Å². The van der Waals surface area contributed by atoms with Crippen LogP contribution in [0.25, 0.3) is 0 Å². The van der Waals surface area contributed by atoms with Crippen molar-refractivity contribution < 1.29 is 9.18 Å². The van der Waals surface area contributed by atoms with Gasteiger partial charge in [0.2, 0.25) is 11.9 Å². The Labute approximate surface area is 137 Å². The molecule has 1 aliphatic rings. The van der Waals surface area contributed by atoms with Crippen molar-refractivity contribution in [3.63, 3.8) is 0 Å². The molecule has 0 saturated heterocycles.